The first-order chi connectivity index (χ1) is 31.3. The zero-order valence-corrected chi connectivity index (χ0v) is 34.6. The number of para-hydroxylation sites is 3. The van der Waals surface area contributed by atoms with Crippen molar-refractivity contribution in [2.45, 2.75) is 5.41 Å². The van der Waals surface area contributed by atoms with Gasteiger partial charge in [0.25, 0.3) is 0 Å². The van der Waals surface area contributed by atoms with Gasteiger partial charge in [0.1, 0.15) is 0 Å². The maximum atomic E-state index is 2.40. The molecule has 0 atom stereocenters. The van der Waals surface area contributed by atoms with Gasteiger partial charge in [-0.1, -0.05) is 182 Å². The van der Waals surface area contributed by atoms with Crippen LogP contribution < -0.4 is 4.90 Å². The molecule has 63 heavy (non-hydrogen) atoms. The summed E-state index contributed by atoms with van der Waals surface area (Å²) in [5, 5.41) is 2.51. The summed E-state index contributed by atoms with van der Waals surface area (Å²) in [5.74, 6) is 0. The lowest BCUT2D eigenvalue weighted by atomic mass is 9.68. The zero-order chi connectivity index (χ0) is 41.7. The average Bonchev–Trinajstić information content (AvgIpc) is 3.86. The van der Waals surface area contributed by atoms with E-state index in [1.807, 2.05) is 0 Å². The smallest absolute Gasteiger partial charge is 0.0713 e. The fraction of sp³-hybridized carbons (Fsp3) is 0.0164. The fourth-order valence-corrected chi connectivity index (χ4v) is 10.3. The number of rotatable bonds is 8. The first kappa shape index (κ1) is 36.6. The van der Waals surface area contributed by atoms with Gasteiger partial charge in [0.2, 0.25) is 0 Å². The van der Waals surface area contributed by atoms with E-state index >= 15 is 0 Å². The normalized spacial score (nSPS) is 12.6. The van der Waals surface area contributed by atoms with Crippen LogP contribution in [0.3, 0.4) is 0 Å². The number of anilines is 3. The van der Waals surface area contributed by atoms with Crippen LogP contribution in [0.15, 0.2) is 255 Å². The molecule has 296 valence electrons. The zero-order valence-electron chi connectivity index (χ0n) is 34.6. The quantitative estimate of drug-likeness (QED) is 0.149. The standard InChI is InChI=1S/C61H42N2/c1-5-20-47(21-6-1)61(48-22-7-2-8-23-48)57-30-15-13-28-53(57)55-42-52(37-38-58(55)61)62(49-24-9-3-10-25-49)51-35-32-43(33-36-51)44-18-17-19-45(40-44)46-34-39-60-56(41-46)54-29-14-16-31-59(54)63(60)50-26-11-4-12-27-50/h1-42H. The summed E-state index contributed by atoms with van der Waals surface area (Å²) >= 11 is 0. The summed E-state index contributed by atoms with van der Waals surface area (Å²) in [4.78, 5) is 2.38. The molecule has 0 spiro atoms. The van der Waals surface area contributed by atoms with Crippen LogP contribution >= 0.6 is 0 Å². The van der Waals surface area contributed by atoms with Crippen LogP contribution in [0.25, 0.3) is 60.9 Å². The Morgan fingerprint density at radius 2 is 0.825 bits per heavy atom. The summed E-state index contributed by atoms with van der Waals surface area (Å²) in [5.41, 5.74) is 18.9. The molecular formula is C61H42N2. The SMILES string of the molecule is c1ccc(N(c2ccc(-c3cccc(-c4ccc5c(c4)c4ccccc4n5-c4ccccc4)c3)cc2)c2ccc3c(c2)-c2ccccc2C3(c2ccccc2)c2ccccc2)cc1. The number of hydrogen-bond donors (Lipinski definition) is 0. The molecule has 0 unspecified atom stereocenters. The molecule has 1 aliphatic carbocycles. The van der Waals surface area contributed by atoms with E-state index in [9.17, 15) is 0 Å². The van der Waals surface area contributed by atoms with Gasteiger partial charge in [-0.2, -0.15) is 0 Å². The Morgan fingerprint density at radius 3 is 1.56 bits per heavy atom. The molecule has 0 saturated heterocycles. The van der Waals surface area contributed by atoms with Crippen molar-refractivity contribution in [1.29, 1.82) is 0 Å². The number of benzene rings is 10. The third-order valence-electron chi connectivity index (χ3n) is 13.1. The molecule has 2 nitrogen and oxygen atoms in total. The first-order valence-corrected chi connectivity index (χ1v) is 21.8. The molecule has 11 aromatic rings. The summed E-state index contributed by atoms with van der Waals surface area (Å²) in [6.07, 6.45) is 0. The van der Waals surface area contributed by atoms with Crippen LogP contribution in [0.1, 0.15) is 22.3 Å². The van der Waals surface area contributed by atoms with Gasteiger partial charge in [0.15, 0.2) is 0 Å². The van der Waals surface area contributed by atoms with Crippen molar-refractivity contribution in [2.75, 3.05) is 4.90 Å². The maximum Gasteiger partial charge on any atom is 0.0713 e. The Bertz CT molecular complexity index is 3380. The average molecular weight is 803 g/mol. The maximum absolute atomic E-state index is 2.40. The van der Waals surface area contributed by atoms with Crippen LogP contribution in [-0.2, 0) is 5.41 Å². The van der Waals surface area contributed by atoms with Crippen molar-refractivity contribution in [3.8, 4) is 39.1 Å². The van der Waals surface area contributed by atoms with Gasteiger partial charge in [0.05, 0.1) is 16.4 Å². The molecule has 12 rings (SSSR count). The minimum absolute atomic E-state index is 0.437. The van der Waals surface area contributed by atoms with Crippen molar-refractivity contribution < 1.29 is 0 Å². The molecule has 0 radical (unpaired) electrons. The van der Waals surface area contributed by atoms with Gasteiger partial charge in [-0.3, -0.25) is 0 Å². The van der Waals surface area contributed by atoms with Gasteiger partial charge >= 0.3 is 0 Å². The lowest BCUT2D eigenvalue weighted by Gasteiger charge is -2.34. The molecule has 0 bridgehead atoms. The van der Waals surface area contributed by atoms with Gasteiger partial charge in [-0.25, -0.2) is 0 Å². The lowest BCUT2D eigenvalue weighted by molar-refractivity contribution is 0.768. The number of hydrogen-bond acceptors (Lipinski definition) is 1. The Labute approximate surface area is 368 Å². The highest BCUT2D eigenvalue weighted by atomic mass is 15.1. The van der Waals surface area contributed by atoms with Gasteiger partial charge in [0, 0.05) is 33.5 Å². The van der Waals surface area contributed by atoms with E-state index < -0.39 is 5.41 Å². The van der Waals surface area contributed by atoms with E-state index in [0.717, 1.165) is 17.1 Å². The van der Waals surface area contributed by atoms with E-state index in [4.69, 9.17) is 0 Å². The second kappa shape index (κ2) is 15.1. The van der Waals surface area contributed by atoms with Crippen molar-refractivity contribution >= 4 is 38.9 Å². The first-order valence-electron chi connectivity index (χ1n) is 21.8. The second-order valence-corrected chi connectivity index (χ2v) is 16.5. The highest BCUT2D eigenvalue weighted by molar-refractivity contribution is 6.10. The van der Waals surface area contributed by atoms with E-state index in [-0.39, 0.29) is 0 Å². The molecule has 0 amide bonds. The molecule has 1 aliphatic rings. The molecule has 10 aromatic carbocycles. The van der Waals surface area contributed by atoms with E-state index in [1.54, 1.807) is 0 Å². The summed E-state index contributed by atoms with van der Waals surface area (Å²) in [6, 6.07) is 93.1. The Balaban J connectivity index is 0.932. The largest absolute Gasteiger partial charge is 0.310 e. The molecule has 0 saturated carbocycles. The predicted octanol–water partition coefficient (Wildman–Crippen LogP) is 16.0. The van der Waals surface area contributed by atoms with Gasteiger partial charge in [-0.05, 0) is 128 Å². The van der Waals surface area contributed by atoms with Crippen LogP contribution in [0.2, 0.25) is 0 Å². The molecule has 0 fully saturated rings. The van der Waals surface area contributed by atoms with Gasteiger partial charge < -0.3 is 9.47 Å². The van der Waals surface area contributed by atoms with Crippen molar-refractivity contribution in [1.82, 2.24) is 4.57 Å². The minimum Gasteiger partial charge on any atom is -0.310 e. The van der Waals surface area contributed by atoms with Crippen molar-refractivity contribution in [3.63, 3.8) is 0 Å². The molecule has 0 aliphatic heterocycles. The highest BCUT2D eigenvalue weighted by Gasteiger charge is 2.46. The molecule has 2 heteroatoms. The van der Waals surface area contributed by atoms with E-state index in [0.29, 0.717) is 0 Å². The topological polar surface area (TPSA) is 8.17 Å². The van der Waals surface area contributed by atoms with Gasteiger partial charge in [-0.15, -0.1) is 0 Å². The minimum atomic E-state index is -0.437. The Morgan fingerprint density at radius 1 is 0.302 bits per heavy atom. The van der Waals surface area contributed by atoms with Crippen LogP contribution in [0.5, 0.6) is 0 Å². The monoisotopic (exact) mass is 802 g/mol. The summed E-state index contributed by atoms with van der Waals surface area (Å²) in [7, 11) is 0. The number of fused-ring (bicyclic) bond motifs is 6. The third-order valence-corrected chi connectivity index (χ3v) is 13.1. The Kier molecular flexibility index (Phi) is 8.76. The fourth-order valence-electron chi connectivity index (χ4n) is 10.3. The second-order valence-electron chi connectivity index (χ2n) is 16.5. The highest BCUT2D eigenvalue weighted by Crippen LogP contribution is 2.57. The Hall–Kier alpha value is -8.20. The lowest BCUT2D eigenvalue weighted by Crippen LogP contribution is -2.28. The van der Waals surface area contributed by atoms with Crippen molar-refractivity contribution in [3.05, 3.63) is 277 Å². The van der Waals surface area contributed by atoms with Crippen LogP contribution in [-0.4, -0.2) is 4.57 Å². The predicted molar refractivity (Wildman–Crippen MR) is 264 cm³/mol. The number of nitrogens with zero attached hydrogens (tertiary/aromatic N) is 2. The summed E-state index contributed by atoms with van der Waals surface area (Å²) in [6.45, 7) is 0. The van der Waals surface area contributed by atoms with E-state index in [1.165, 1.54) is 83.1 Å². The molecule has 0 N–H and O–H groups in total. The summed E-state index contributed by atoms with van der Waals surface area (Å²) < 4.78 is 2.37. The van der Waals surface area contributed by atoms with Crippen LogP contribution in [0.4, 0.5) is 17.1 Å². The van der Waals surface area contributed by atoms with Crippen LogP contribution in [0, 0.1) is 0 Å². The number of aromatic nitrogens is 1. The third kappa shape index (κ3) is 5.95. The van der Waals surface area contributed by atoms with E-state index in [2.05, 4.69) is 264 Å². The molecular weight excluding hydrogens is 761 g/mol. The molecule has 1 aromatic heterocycles. The molecule has 1 heterocycles. The van der Waals surface area contributed by atoms with Crippen molar-refractivity contribution in [2.24, 2.45) is 0 Å².